The summed E-state index contributed by atoms with van der Waals surface area (Å²) in [6.07, 6.45) is -3.86. The molecule has 0 aliphatic rings. The van der Waals surface area contributed by atoms with Gasteiger partial charge >= 0.3 is 6.18 Å². The zero-order valence-corrected chi connectivity index (χ0v) is 12.9. The molecular weight excluding hydrogens is 315 g/mol. The van der Waals surface area contributed by atoms with Gasteiger partial charge in [0.15, 0.2) is 0 Å². The average molecular weight is 331 g/mol. The molecule has 0 aromatic carbocycles. The standard InChI is InChI=1S/C14H16F3N3OS/c1-7(18)5-6-19-12(21)11-8(2)9-3-4-10(14(15,16)17)20-13(9)22-11/h3-4,7H,5-6,18H2,1-2H3,(H,19,21). The van der Waals surface area contributed by atoms with E-state index < -0.39 is 11.9 Å². The number of amides is 1. The second-order valence-corrected chi connectivity index (χ2v) is 6.12. The van der Waals surface area contributed by atoms with Crippen LogP contribution in [0.15, 0.2) is 12.1 Å². The van der Waals surface area contributed by atoms with Gasteiger partial charge in [0.2, 0.25) is 0 Å². The van der Waals surface area contributed by atoms with Gasteiger partial charge in [-0.05, 0) is 38.0 Å². The minimum absolute atomic E-state index is 0.0279. The molecular formula is C14H16F3N3OS. The molecule has 2 aromatic rings. The predicted molar refractivity (Wildman–Crippen MR) is 80.0 cm³/mol. The highest BCUT2D eigenvalue weighted by Crippen LogP contribution is 2.34. The molecule has 0 spiro atoms. The van der Waals surface area contributed by atoms with Crippen molar-refractivity contribution in [3.05, 3.63) is 28.3 Å². The van der Waals surface area contributed by atoms with Crippen LogP contribution >= 0.6 is 11.3 Å². The maximum atomic E-state index is 12.7. The molecule has 0 radical (unpaired) electrons. The lowest BCUT2D eigenvalue weighted by atomic mass is 10.1. The van der Waals surface area contributed by atoms with Gasteiger partial charge in [0.1, 0.15) is 10.5 Å². The van der Waals surface area contributed by atoms with Crippen LogP contribution in [0.2, 0.25) is 0 Å². The van der Waals surface area contributed by atoms with Crippen molar-refractivity contribution >= 4 is 27.5 Å². The molecule has 8 heteroatoms. The molecule has 0 fully saturated rings. The van der Waals surface area contributed by atoms with Crippen molar-refractivity contribution in [2.75, 3.05) is 6.54 Å². The summed E-state index contributed by atoms with van der Waals surface area (Å²) in [6.45, 7) is 3.96. The third-order valence-electron chi connectivity index (χ3n) is 3.19. The smallest absolute Gasteiger partial charge is 0.351 e. The van der Waals surface area contributed by atoms with Crippen LogP contribution < -0.4 is 11.1 Å². The number of fused-ring (bicyclic) bond motifs is 1. The first kappa shape index (κ1) is 16.7. The van der Waals surface area contributed by atoms with Crippen molar-refractivity contribution in [1.82, 2.24) is 10.3 Å². The molecule has 120 valence electrons. The number of carbonyl (C=O) groups is 1. The van der Waals surface area contributed by atoms with Crippen molar-refractivity contribution in [3.8, 4) is 0 Å². The molecule has 2 aromatic heterocycles. The average Bonchev–Trinajstić information content (AvgIpc) is 2.74. The Morgan fingerprint density at radius 3 is 2.73 bits per heavy atom. The van der Waals surface area contributed by atoms with Gasteiger partial charge in [0.05, 0.1) is 4.88 Å². The fraction of sp³-hybridized carbons (Fsp3) is 0.429. The minimum atomic E-state index is -4.49. The Morgan fingerprint density at radius 1 is 1.45 bits per heavy atom. The zero-order chi connectivity index (χ0) is 16.5. The van der Waals surface area contributed by atoms with E-state index in [0.29, 0.717) is 28.8 Å². The fourth-order valence-corrected chi connectivity index (χ4v) is 3.06. The van der Waals surface area contributed by atoms with E-state index in [1.165, 1.54) is 6.07 Å². The Bertz CT molecular complexity index is 694. The van der Waals surface area contributed by atoms with E-state index in [2.05, 4.69) is 10.3 Å². The van der Waals surface area contributed by atoms with E-state index >= 15 is 0 Å². The molecule has 4 nitrogen and oxygen atoms in total. The Hall–Kier alpha value is -1.67. The molecule has 3 N–H and O–H groups in total. The number of nitrogens with two attached hydrogens (primary N) is 1. The monoisotopic (exact) mass is 331 g/mol. The first-order valence-corrected chi connectivity index (χ1v) is 7.53. The molecule has 0 aliphatic heterocycles. The quantitative estimate of drug-likeness (QED) is 0.904. The molecule has 1 amide bonds. The van der Waals surface area contributed by atoms with Crippen molar-refractivity contribution in [2.24, 2.45) is 5.73 Å². The largest absolute Gasteiger partial charge is 0.433 e. The van der Waals surface area contributed by atoms with Crippen LogP contribution in [-0.2, 0) is 6.18 Å². The van der Waals surface area contributed by atoms with Crippen LogP contribution in [0, 0.1) is 6.92 Å². The number of nitrogens with zero attached hydrogens (tertiary/aromatic N) is 1. The van der Waals surface area contributed by atoms with Gasteiger partial charge in [-0.15, -0.1) is 11.3 Å². The maximum absolute atomic E-state index is 12.7. The number of carbonyl (C=O) groups excluding carboxylic acids is 1. The van der Waals surface area contributed by atoms with Gasteiger partial charge in [0, 0.05) is 18.0 Å². The lowest BCUT2D eigenvalue weighted by Gasteiger charge is -2.06. The van der Waals surface area contributed by atoms with E-state index in [1.54, 1.807) is 6.92 Å². The van der Waals surface area contributed by atoms with Gasteiger partial charge in [-0.25, -0.2) is 4.98 Å². The third kappa shape index (κ3) is 3.56. The number of halogens is 3. The number of alkyl halides is 3. The zero-order valence-electron chi connectivity index (χ0n) is 12.1. The summed E-state index contributed by atoms with van der Waals surface area (Å²) in [5, 5.41) is 3.28. The molecule has 2 rings (SSSR count). The number of nitrogens with one attached hydrogen (secondary N) is 1. The Kier molecular flexibility index (Phi) is 4.72. The van der Waals surface area contributed by atoms with Crippen molar-refractivity contribution in [1.29, 1.82) is 0 Å². The van der Waals surface area contributed by atoms with Gasteiger partial charge < -0.3 is 11.1 Å². The van der Waals surface area contributed by atoms with Gasteiger partial charge in [-0.3, -0.25) is 4.79 Å². The van der Waals surface area contributed by atoms with Crippen LogP contribution in [0.4, 0.5) is 13.2 Å². The number of thiophene rings is 1. The number of pyridine rings is 1. The summed E-state index contributed by atoms with van der Waals surface area (Å²) in [5.74, 6) is -0.310. The third-order valence-corrected chi connectivity index (χ3v) is 4.39. The van der Waals surface area contributed by atoms with Crippen LogP contribution in [0.5, 0.6) is 0 Å². The summed E-state index contributed by atoms with van der Waals surface area (Å²) >= 11 is 0.967. The lowest BCUT2D eigenvalue weighted by Crippen LogP contribution is -2.28. The number of hydrogen-bond acceptors (Lipinski definition) is 4. The van der Waals surface area contributed by atoms with Crippen molar-refractivity contribution < 1.29 is 18.0 Å². The first-order valence-electron chi connectivity index (χ1n) is 6.71. The molecule has 22 heavy (non-hydrogen) atoms. The molecule has 2 heterocycles. The topological polar surface area (TPSA) is 68.0 Å². The van der Waals surface area contributed by atoms with Crippen LogP contribution in [0.25, 0.3) is 10.2 Å². The maximum Gasteiger partial charge on any atom is 0.433 e. The Balaban J connectivity index is 2.28. The van der Waals surface area contributed by atoms with E-state index in [-0.39, 0.29) is 16.8 Å². The van der Waals surface area contributed by atoms with Crippen LogP contribution in [0.1, 0.15) is 34.3 Å². The minimum Gasteiger partial charge on any atom is -0.351 e. The molecule has 0 aliphatic carbocycles. The SMILES string of the molecule is Cc1c(C(=O)NCCC(C)N)sc2nc(C(F)(F)F)ccc12. The summed E-state index contributed by atoms with van der Waals surface area (Å²) in [7, 11) is 0. The second-order valence-electron chi connectivity index (χ2n) is 5.13. The highest BCUT2D eigenvalue weighted by molar-refractivity contribution is 7.20. The Morgan fingerprint density at radius 2 is 2.14 bits per heavy atom. The van der Waals surface area contributed by atoms with Crippen LogP contribution in [-0.4, -0.2) is 23.5 Å². The lowest BCUT2D eigenvalue weighted by molar-refractivity contribution is -0.140. The molecule has 0 saturated heterocycles. The highest BCUT2D eigenvalue weighted by Gasteiger charge is 2.33. The summed E-state index contributed by atoms with van der Waals surface area (Å²) in [4.78, 5) is 16.3. The Labute approximate surface area is 129 Å². The van der Waals surface area contributed by atoms with E-state index in [1.807, 2.05) is 6.92 Å². The van der Waals surface area contributed by atoms with E-state index in [4.69, 9.17) is 5.73 Å². The summed E-state index contributed by atoms with van der Waals surface area (Å²) in [6, 6.07) is 2.26. The number of rotatable bonds is 4. The fourth-order valence-electron chi connectivity index (χ4n) is 1.97. The van der Waals surface area contributed by atoms with E-state index in [9.17, 15) is 18.0 Å². The van der Waals surface area contributed by atoms with Crippen LogP contribution in [0.3, 0.4) is 0 Å². The van der Waals surface area contributed by atoms with Crippen molar-refractivity contribution in [3.63, 3.8) is 0 Å². The number of aromatic nitrogens is 1. The molecule has 1 atom stereocenters. The summed E-state index contributed by atoms with van der Waals surface area (Å²) < 4.78 is 38.0. The molecule has 0 bridgehead atoms. The van der Waals surface area contributed by atoms with Crippen molar-refractivity contribution in [2.45, 2.75) is 32.5 Å². The summed E-state index contributed by atoms with van der Waals surface area (Å²) in [5.41, 5.74) is 5.29. The molecule has 1 unspecified atom stereocenters. The number of hydrogen-bond donors (Lipinski definition) is 2. The predicted octanol–water partition coefficient (Wildman–Crippen LogP) is 3.09. The number of aryl methyl sites for hydroxylation is 1. The first-order chi connectivity index (χ1) is 10.2. The highest BCUT2D eigenvalue weighted by atomic mass is 32.1. The molecule has 0 saturated carbocycles. The van der Waals surface area contributed by atoms with Gasteiger partial charge in [0.25, 0.3) is 5.91 Å². The van der Waals surface area contributed by atoms with Gasteiger partial charge in [-0.1, -0.05) is 0 Å². The van der Waals surface area contributed by atoms with Gasteiger partial charge in [-0.2, -0.15) is 13.2 Å². The normalized spacial score (nSPS) is 13.4. The second kappa shape index (κ2) is 6.21. The van der Waals surface area contributed by atoms with E-state index in [0.717, 1.165) is 17.4 Å².